The SMILES string of the molecule is CC(C)C(NCc1nc(-c2ccccc2)no1)c1ccccc1. The summed E-state index contributed by atoms with van der Waals surface area (Å²) < 4.78 is 5.36. The molecule has 0 amide bonds. The molecule has 4 nitrogen and oxygen atoms in total. The zero-order chi connectivity index (χ0) is 16.1. The molecule has 3 rings (SSSR count). The second kappa shape index (κ2) is 7.20. The van der Waals surface area contributed by atoms with E-state index in [1.807, 2.05) is 36.4 Å². The third kappa shape index (κ3) is 3.85. The zero-order valence-electron chi connectivity index (χ0n) is 13.4. The topological polar surface area (TPSA) is 51.0 Å². The van der Waals surface area contributed by atoms with Crippen molar-refractivity contribution in [2.24, 2.45) is 5.92 Å². The number of nitrogens with one attached hydrogen (secondary N) is 1. The quantitative estimate of drug-likeness (QED) is 0.740. The van der Waals surface area contributed by atoms with Gasteiger partial charge in [0.15, 0.2) is 0 Å². The van der Waals surface area contributed by atoms with Gasteiger partial charge in [0.2, 0.25) is 11.7 Å². The fraction of sp³-hybridized carbons (Fsp3) is 0.263. The van der Waals surface area contributed by atoms with E-state index >= 15 is 0 Å². The van der Waals surface area contributed by atoms with Gasteiger partial charge in [0.05, 0.1) is 6.54 Å². The van der Waals surface area contributed by atoms with Gasteiger partial charge >= 0.3 is 0 Å². The van der Waals surface area contributed by atoms with Gasteiger partial charge in [0.25, 0.3) is 0 Å². The van der Waals surface area contributed by atoms with Gasteiger partial charge in [-0.15, -0.1) is 0 Å². The molecule has 0 bridgehead atoms. The van der Waals surface area contributed by atoms with Crippen molar-refractivity contribution in [3.63, 3.8) is 0 Å². The van der Waals surface area contributed by atoms with Crippen molar-refractivity contribution in [2.75, 3.05) is 0 Å². The van der Waals surface area contributed by atoms with Crippen molar-refractivity contribution in [1.82, 2.24) is 15.5 Å². The van der Waals surface area contributed by atoms with E-state index in [4.69, 9.17) is 4.52 Å². The maximum Gasteiger partial charge on any atom is 0.240 e. The maximum absolute atomic E-state index is 5.36. The van der Waals surface area contributed by atoms with Crippen LogP contribution in [0.15, 0.2) is 65.2 Å². The van der Waals surface area contributed by atoms with E-state index in [0.717, 1.165) is 5.56 Å². The molecule has 4 heteroatoms. The average molecular weight is 307 g/mol. The predicted octanol–water partition coefficient (Wildman–Crippen LogP) is 4.22. The van der Waals surface area contributed by atoms with E-state index in [9.17, 15) is 0 Å². The number of hydrogen-bond donors (Lipinski definition) is 1. The molecular formula is C19H21N3O. The number of benzene rings is 2. The molecule has 23 heavy (non-hydrogen) atoms. The van der Waals surface area contributed by atoms with E-state index in [1.165, 1.54) is 5.56 Å². The van der Waals surface area contributed by atoms with Crippen molar-refractivity contribution >= 4 is 0 Å². The summed E-state index contributed by atoms with van der Waals surface area (Å²) in [5.41, 5.74) is 2.23. The van der Waals surface area contributed by atoms with Crippen LogP contribution in [-0.2, 0) is 6.54 Å². The molecule has 0 saturated heterocycles. The Bertz CT molecular complexity index is 723. The molecule has 1 heterocycles. The molecule has 0 spiro atoms. The minimum atomic E-state index is 0.253. The molecule has 118 valence electrons. The predicted molar refractivity (Wildman–Crippen MR) is 90.6 cm³/mol. The largest absolute Gasteiger partial charge is 0.338 e. The Balaban J connectivity index is 1.69. The van der Waals surface area contributed by atoms with E-state index in [0.29, 0.717) is 24.2 Å². The van der Waals surface area contributed by atoms with Crippen LogP contribution in [-0.4, -0.2) is 10.1 Å². The number of rotatable bonds is 6. The summed E-state index contributed by atoms with van der Waals surface area (Å²) in [4.78, 5) is 4.47. The molecule has 1 unspecified atom stereocenters. The monoisotopic (exact) mass is 307 g/mol. The third-order valence-electron chi connectivity index (χ3n) is 3.80. The second-order valence-corrected chi connectivity index (χ2v) is 5.89. The van der Waals surface area contributed by atoms with Crippen molar-refractivity contribution in [3.8, 4) is 11.4 Å². The van der Waals surface area contributed by atoms with Crippen LogP contribution in [0.1, 0.15) is 31.3 Å². The van der Waals surface area contributed by atoms with Gasteiger partial charge in [-0.1, -0.05) is 79.7 Å². The molecule has 0 aliphatic carbocycles. The smallest absolute Gasteiger partial charge is 0.240 e. The van der Waals surface area contributed by atoms with Gasteiger partial charge in [0.1, 0.15) is 0 Å². The van der Waals surface area contributed by atoms with Crippen LogP contribution in [0.5, 0.6) is 0 Å². The molecule has 2 aromatic carbocycles. The first-order valence-electron chi connectivity index (χ1n) is 7.90. The second-order valence-electron chi connectivity index (χ2n) is 5.89. The molecular weight excluding hydrogens is 286 g/mol. The number of aromatic nitrogens is 2. The standard InChI is InChI=1S/C19H21N3O/c1-14(2)18(15-9-5-3-6-10-15)20-13-17-21-19(22-23-17)16-11-7-4-8-12-16/h3-12,14,18,20H,13H2,1-2H3. The molecule has 0 radical (unpaired) electrons. The van der Waals surface area contributed by atoms with Gasteiger partial charge in [-0.25, -0.2) is 0 Å². The maximum atomic E-state index is 5.36. The van der Waals surface area contributed by atoms with Crippen LogP contribution >= 0.6 is 0 Å². The van der Waals surface area contributed by atoms with Gasteiger partial charge in [-0.2, -0.15) is 4.98 Å². The zero-order valence-corrected chi connectivity index (χ0v) is 13.4. The van der Waals surface area contributed by atoms with E-state index in [1.54, 1.807) is 0 Å². The molecule has 1 aromatic heterocycles. The minimum Gasteiger partial charge on any atom is -0.338 e. The fourth-order valence-electron chi connectivity index (χ4n) is 2.63. The summed E-state index contributed by atoms with van der Waals surface area (Å²) in [6, 6.07) is 20.5. The minimum absolute atomic E-state index is 0.253. The Morgan fingerprint density at radius 3 is 2.26 bits per heavy atom. The molecule has 1 atom stereocenters. The molecule has 0 saturated carbocycles. The summed E-state index contributed by atoms with van der Waals surface area (Å²) in [5.74, 6) is 1.70. The summed E-state index contributed by atoms with van der Waals surface area (Å²) in [6.45, 7) is 4.96. The highest BCUT2D eigenvalue weighted by Crippen LogP contribution is 2.22. The van der Waals surface area contributed by atoms with Crippen LogP contribution in [0.3, 0.4) is 0 Å². The van der Waals surface area contributed by atoms with Gasteiger partial charge in [0, 0.05) is 11.6 Å². The first kappa shape index (κ1) is 15.4. The van der Waals surface area contributed by atoms with Crippen LogP contribution in [0, 0.1) is 5.92 Å². The Morgan fingerprint density at radius 2 is 1.61 bits per heavy atom. The van der Waals surface area contributed by atoms with Crippen LogP contribution < -0.4 is 5.32 Å². The van der Waals surface area contributed by atoms with Gasteiger partial charge in [-0.05, 0) is 11.5 Å². The van der Waals surface area contributed by atoms with Gasteiger partial charge < -0.3 is 9.84 Å². The van der Waals surface area contributed by atoms with Crippen molar-refractivity contribution < 1.29 is 4.52 Å². The fourth-order valence-corrected chi connectivity index (χ4v) is 2.63. The van der Waals surface area contributed by atoms with Crippen molar-refractivity contribution in [2.45, 2.75) is 26.4 Å². The van der Waals surface area contributed by atoms with Crippen molar-refractivity contribution in [1.29, 1.82) is 0 Å². The normalized spacial score (nSPS) is 12.5. The lowest BCUT2D eigenvalue weighted by Crippen LogP contribution is -2.25. The summed E-state index contributed by atoms with van der Waals surface area (Å²) in [5, 5.41) is 7.58. The highest BCUT2D eigenvalue weighted by Gasteiger charge is 2.16. The lowest BCUT2D eigenvalue weighted by molar-refractivity contribution is 0.338. The average Bonchev–Trinajstić information content (AvgIpc) is 3.05. The van der Waals surface area contributed by atoms with E-state index in [2.05, 4.69) is 53.6 Å². The Kier molecular flexibility index (Phi) is 4.83. The number of nitrogens with zero attached hydrogens (tertiary/aromatic N) is 2. The highest BCUT2D eigenvalue weighted by molar-refractivity contribution is 5.53. The van der Waals surface area contributed by atoms with Crippen molar-refractivity contribution in [3.05, 3.63) is 72.1 Å². The summed E-state index contributed by atoms with van der Waals surface area (Å²) in [6.07, 6.45) is 0. The summed E-state index contributed by atoms with van der Waals surface area (Å²) in [7, 11) is 0. The summed E-state index contributed by atoms with van der Waals surface area (Å²) >= 11 is 0. The molecule has 0 fully saturated rings. The van der Waals surface area contributed by atoms with E-state index < -0.39 is 0 Å². The number of hydrogen-bond acceptors (Lipinski definition) is 4. The lowest BCUT2D eigenvalue weighted by Gasteiger charge is -2.22. The Morgan fingerprint density at radius 1 is 0.957 bits per heavy atom. The molecule has 3 aromatic rings. The first-order valence-corrected chi connectivity index (χ1v) is 7.90. The van der Waals surface area contributed by atoms with Gasteiger partial charge in [-0.3, -0.25) is 0 Å². The van der Waals surface area contributed by atoms with Crippen LogP contribution in [0.25, 0.3) is 11.4 Å². The Labute approximate surface area is 136 Å². The molecule has 1 N–H and O–H groups in total. The lowest BCUT2D eigenvalue weighted by atomic mass is 9.96. The van der Waals surface area contributed by atoms with Crippen LogP contribution in [0.2, 0.25) is 0 Å². The third-order valence-corrected chi connectivity index (χ3v) is 3.80. The highest BCUT2D eigenvalue weighted by atomic mass is 16.5. The molecule has 0 aliphatic heterocycles. The van der Waals surface area contributed by atoms with Crippen LogP contribution in [0.4, 0.5) is 0 Å². The molecule has 0 aliphatic rings. The Hall–Kier alpha value is -2.46. The first-order chi connectivity index (χ1) is 11.2. The van der Waals surface area contributed by atoms with E-state index in [-0.39, 0.29) is 6.04 Å².